The van der Waals surface area contributed by atoms with E-state index >= 15 is 0 Å². The summed E-state index contributed by atoms with van der Waals surface area (Å²) in [6.07, 6.45) is 7.49. The summed E-state index contributed by atoms with van der Waals surface area (Å²) in [7, 11) is 1.79. The topological polar surface area (TPSA) is 101 Å². The second-order valence-electron chi connectivity index (χ2n) is 8.18. The number of thiazole rings is 1. The number of carbonyl (C=O) groups excluding carboxylic acids is 1. The minimum absolute atomic E-state index is 0.260. The lowest BCUT2D eigenvalue weighted by Crippen LogP contribution is -2.13. The van der Waals surface area contributed by atoms with E-state index in [0.29, 0.717) is 17.1 Å². The number of hydrogen-bond acceptors (Lipinski definition) is 7. The Labute approximate surface area is 216 Å². The molecule has 182 valence electrons. The molecular weight excluding hydrogens is 484 g/mol. The van der Waals surface area contributed by atoms with Crippen molar-refractivity contribution in [3.8, 4) is 16.3 Å². The molecule has 37 heavy (non-hydrogen) atoms. The third kappa shape index (κ3) is 4.53. The summed E-state index contributed by atoms with van der Waals surface area (Å²) in [5.41, 5.74) is 4.74. The number of imidazole rings is 1. The average molecular weight is 507 g/mol. The van der Waals surface area contributed by atoms with Gasteiger partial charge in [-0.25, -0.2) is 14.6 Å². The van der Waals surface area contributed by atoms with Gasteiger partial charge >= 0.3 is 0 Å². The van der Waals surface area contributed by atoms with Gasteiger partial charge in [0.25, 0.3) is 5.91 Å². The van der Waals surface area contributed by atoms with E-state index < -0.39 is 0 Å². The minimum atomic E-state index is -0.260. The van der Waals surface area contributed by atoms with Crippen LogP contribution in [-0.2, 0) is 0 Å². The number of carbonyl (C=O) groups is 1. The van der Waals surface area contributed by atoms with E-state index in [1.807, 2.05) is 89.9 Å². The van der Waals surface area contributed by atoms with E-state index in [0.717, 1.165) is 32.7 Å². The highest BCUT2D eigenvalue weighted by molar-refractivity contribution is 7.18. The molecule has 6 aromatic rings. The molecule has 0 radical (unpaired) electrons. The van der Waals surface area contributed by atoms with E-state index in [2.05, 4.69) is 31.0 Å². The zero-order chi connectivity index (χ0) is 25.2. The van der Waals surface area contributed by atoms with E-state index in [1.54, 1.807) is 23.9 Å². The molecule has 0 fully saturated rings. The summed E-state index contributed by atoms with van der Waals surface area (Å²) >= 11 is 1.52. The Kier molecular flexibility index (Phi) is 5.83. The number of para-hydroxylation sites is 1. The number of pyridine rings is 1. The van der Waals surface area contributed by atoms with Gasteiger partial charge in [-0.2, -0.15) is 0 Å². The van der Waals surface area contributed by atoms with Crippen LogP contribution in [-0.4, -0.2) is 37.1 Å². The second-order valence-corrected chi connectivity index (χ2v) is 9.21. The number of aromatic nitrogens is 5. The Bertz CT molecular complexity index is 1700. The van der Waals surface area contributed by atoms with Crippen molar-refractivity contribution in [2.45, 2.75) is 0 Å². The number of nitrogens with zero attached hydrogens (tertiary/aromatic N) is 5. The first-order chi connectivity index (χ1) is 18.2. The predicted octanol–water partition coefficient (Wildman–Crippen LogP) is 5.68. The van der Waals surface area contributed by atoms with Gasteiger partial charge in [0.1, 0.15) is 5.65 Å². The SMILES string of the molecule is CNc1cn(-c2ccccc2)nc1NC(=O)c1cccc(Nc2ncc(-c3cnc4ccccn34)s2)c1. The van der Waals surface area contributed by atoms with Crippen molar-refractivity contribution in [2.75, 3.05) is 23.0 Å². The smallest absolute Gasteiger partial charge is 0.256 e. The zero-order valence-corrected chi connectivity index (χ0v) is 20.6. The molecule has 10 heteroatoms. The summed E-state index contributed by atoms with van der Waals surface area (Å²) in [6.45, 7) is 0. The highest BCUT2D eigenvalue weighted by Gasteiger charge is 2.15. The van der Waals surface area contributed by atoms with Crippen LogP contribution in [0.2, 0.25) is 0 Å². The van der Waals surface area contributed by atoms with Crippen molar-refractivity contribution in [1.82, 2.24) is 24.1 Å². The first-order valence-electron chi connectivity index (χ1n) is 11.6. The number of nitrogens with one attached hydrogen (secondary N) is 3. The molecule has 4 heterocycles. The average Bonchev–Trinajstić information content (AvgIpc) is 3.67. The lowest BCUT2D eigenvalue weighted by Gasteiger charge is -2.07. The molecule has 0 saturated carbocycles. The van der Waals surface area contributed by atoms with Crippen LogP contribution < -0.4 is 16.0 Å². The van der Waals surface area contributed by atoms with Gasteiger partial charge in [-0.3, -0.25) is 9.20 Å². The monoisotopic (exact) mass is 506 g/mol. The van der Waals surface area contributed by atoms with Crippen LogP contribution in [0.3, 0.4) is 0 Å². The Morgan fingerprint density at radius 3 is 2.68 bits per heavy atom. The number of amides is 1. The van der Waals surface area contributed by atoms with Crippen molar-refractivity contribution in [3.63, 3.8) is 0 Å². The first-order valence-corrected chi connectivity index (χ1v) is 12.4. The normalized spacial score (nSPS) is 10.9. The zero-order valence-electron chi connectivity index (χ0n) is 19.8. The van der Waals surface area contributed by atoms with Crippen LogP contribution in [0.15, 0.2) is 97.6 Å². The number of fused-ring (bicyclic) bond motifs is 1. The molecule has 2 aromatic carbocycles. The molecule has 6 rings (SSSR count). The maximum absolute atomic E-state index is 13.1. The fraction of sp³-hybridized carbons (Fsp3) is 0.0370. The molecule has 0 atom stereocenters. The summed E-state index contributed by atoms with van der Waals surface area (Å²) < 4.78 is 3.75. The number of anilines is 4. The standard InChI is InChI=1S/C27H22N8OS/c1-28-21-17-35(20-10-3-2-4-11-20)33-25(21)32-26(36)18-8-7-9-19(14-18)31-27-30-16-23(37-27)22-15-29-24-12-5-6-13-34(22)24/h2-17,28H,1H3,(H,30,31)(H,32,33,36). The van der Waals surface area contributed by atoms with Gasteiger partial charge in [-0.1, -0.05) is 41.7 Å². The lowest BCUT2D eigenvalue weighted by atomic mass is 10.2. The molecule has 0 bridgehead atoms. The molecule has 0 aliphatic rings. The van der Waals surface area contributed by atoms with Gasteiger partial charge in [-0.15, -0.1) is 5.10 Å². The largest absolute Gasteiger partial charge is 0.384 e. The molecule has 1 amide bonds. The third-order valence-corrected chi connectivity index (χ3v) is 6.72. The first kappa shape index (κ1) is 22.5. The van der Waals surface area contributed by atoms with Crippen molar-refractivity contribution in [2.24, 2.45) is 0 Å². The number of hydrogen-bond donors (Lipinski definition) is 3. The van der Waals surface area contributed by atoms with Crippen LogP contribution in [0.25, 0.3) is 21.9 Å². The lowest BCUT2D eigenvalue weighted by molar-refractivity contribution is 0.102. The Morgan fingerprint density at radius 1 is 0.946 bits per heavy atom. The Balaban J connectivity index is 1.19. The molecule has 0 aliphatic carbocycles. The van der Waals surface area contributed by atoms with E-state index in [-0.39, 0.29) is 5.91 Å². The van der Waals surface area contributed by atoms with Crippen molar-refractivity contribution < 1.29 is 4.79 Å². The maximum Gasteiger partial charge on any atom is 0.256 e. The molecular formula is C27H22N8OS. The fourth-order valence-electron chi connectivity index (χ4n) is 3.97. The molecule has 0 aliphatic heterocycles. The quantitative estimate of drug-likeness (QED) is 0.258. The highest BCUT2D eigenvalue weighted by atomic mass is 32.1. The van der Waals surface area contributed by atoms with Crippen LogP contribution in [0, 0.1) is 0 Å². The molecule has 3 N–H and O–H groups in total. The highest BCUT2D eigenvalue weighted by Crippen LogP contribution is 2.31. The third-order valence-electron chi connectivity index (χ3n) is 5.79. The summed E-state index contributed by atoms with van der Waals surface area (Å²) in [4.78, 5) is 23.0. The molecule has 0 spiro atoms. The maximum atomic E-state index is 13.1. The predicted molar refractivity (Wildman–Crippen MR) is 147 cm³/mol. The Morgan fingerprint density at radius 2 is 1.81 bits per heavy atom. The van der Waals surface area contributed by atoms with Crippen LogP contribution in [0.5, 0.6) is 0 Å². The van der Waals surface area contributed by atoms with Crippen molar-refractivity contribution >= 4 is 45.2 Å². The molecule has 0 unspecified atom stereocenters. The molecule has 4 aromatic heterocycles. The van der Waals surface area contributed by atoms with E-state index in [4.69, 9.17) is 0 Å². The molecule has 9 nitrogen and oxygen atoms in total. The van der Waals surface area contributed by atoms with Crippen LogP contribution >= 0.6 is 11.3 Å². The van der Waals surface area contributed by atoms with Gasteiger partial charge in [0.15, 0.2) is 10.9 Å². The Hall–Kier alpha value is -4.96. The van der Waals surface area contributed by atoms with Gasteiger partial charge in [-0.05, 0) is 42.5 Å². The van der Waals surface area contributed by atoms with Gasteiger partial charge in [0, 0.05) is 30.7 Å². The van der Waals surface area contributed by atoms with Crippen LogP contribution in [0.1, 0.15) is 10.4 Å². The number of rotatable bonds is 7. The fourth-order valence-corrected chi connectivity index (χ4v) is 4.81. The summed E-state index contributed by atoms with van der Waals surface area (Å²) in [5, 5.41) is 14.6. The van der Waals surface area contributed by atoms with E-state index in [1.165, 1.54) is 11.3 Å². The number of benzene rings is 2. The van der Waals surface area contributed by atoms with Crippen molar-refractivity contribution in [1.29, 1.82) is 0 Å². The molecule has 0 saturated heterocycles. The second kappa shape index (κ2) is 9.59. The minimum Gasteiger partial charge on any atom is -0.384 e. The van der Waals surface area contributed by atoms with Gasteiger partial charge in [0.2, 0.25) is 0 Å². The van der Waals surface area contributed by atoms with Crippen LogP contribution in [0.4, 0.5) is 22.3 Å². The summed E-state index contributed by atoms with van der Waals surface area (Å²) in [6, 6.07) is 22.9. The van der Waals surface area contributed by atoms with Crippen molar-refractivity contribution in [3.05, 3.63) is 103 Å². The van der Waals surface area contributed by atoms with Gasteiger partial charge < -0.3 is 16.0 Å². The summed E-state index contributed by atoms with van der Waals surface area (Å²) in [5.74, 6) is 0.191. The van der Waals surface area contributed by atoms with Gasteiger partial charge in [0.05, 0.1) is 34.3 Å². The van der Waals surface area contributed by atoms with E-state index in [9.17, 15) is 4.79 Å².